The summed E-state index contributed by atoms with van der Waals surface area (Å²) in [7, 11) is 1.54. The van der Waals surface area contributed by atoms with Crippen molar-refractivity contribution in [2.75, 3.05) is 20.3 Å². The lowest BCUT2D eigenvalue weighted by Gasteiger charge is -2.44. The summed E-state index contributed by atoms with van der Waals surface area (Å²) in [6.07, 6.45) is 2.72. The van der Waals surface area contributed by atoms with E-state index < -0.39 is 41.3 Å². The largest absolute Gasteiger partial charge is 0.482 e. The molecule has 0 fully saturated rings. The molecule has 5 bridgehead atoms. The normalized spacial score (nSPS) is 21.5. The first kappa shape index (κ1) is 43.7. The Hall–Kier alpha value is -5.95. The number of hydrogen-bond acceptors (Lipinski definition) is 9. The van der Waals surface area contributed by atoms with Crippen LogP contribution in [-0.2, 0) is 55.9 Å². The minimum Gasteiger partial charge on any atom is -0.482 e. The molecule has 0 radical (unpaired) electrons. The van der Waals surface area contributed by atoms with Crippen LogP contribution in [0.15, 0.2) is 111 Å². The van der Waals surface area contributed by atoms with Gasteiger partial charge in [-0.25, -0.2) is 9.59 Å². The Morgan fingerprint density at radius 1 is 0.873 bits per heavy atom. The number of methoxy groups -OCH3 is 1. The van der Waals surface area contributed by atoms with Crippen LogP contribution in [0.1, 0.15) is 109 Å². The van der Waals surface area contributed by atoms with Crippen molar-refractivity contribution < 1.29 is 38.1 Å². The number of aliphatic hydroxyl groups excluding tert-OH is 1. The Labute approximate surface area is 369 Å². The molecular formula is C54H56O9. The first-order chi connectivity index (χ1) is 30.5. The van der Waals surface area contributed by atoms with E-state index in [0.717, 1.165) is 41.5 Å². The van der Waals surface area contributed by atoms with Gasteiger partial charge in [-0.1, -0.05) is 90.2 Å². The lowest BCUT2D eigenvalue weighted by molar-refractivity contribution is -0.190. The van der Waals surface area contributed by atoms with Crippen molar-refractivity contribution in [2.24, 2.45) is 5.92 Å². The number of esters is 2. The minimum absolute atomic E-state index is 0.0958. The number of hydrogen-bond donors (Lipinski definition) is 1. The predicted molar refractivity (Wildman–Crippen MR) is 242 cm³/mol. The van der Waals surface area contributed by atoms with E-state index in [9.17, 15) is 19.5 Å². The lowest BCUT2D eigenvalue weighted by Crippen LogP contribution is -2.54. The Kier molecular flexibility index (Phi) is 13.3. The summed E-state index contributed by atoms with van der Waals surface area (Å²) in [4.78, 5) is 43.0. The van der Waals surface area contributed by atoms with E-state index >= 15 is 0 Å². The van der Waals surface area contributed by atoms with Crippen LogP contribution in [0, 0.1) is 17.8 Å². The monoisotopic (exact) mass is 848 g/mol. The second-order valence-corrected chi connectivity index (χ2v) is 17.8. The number of carbonyl (C=O) groups is 2. The Balaban J connectivity index is 1.23. The molecule has 1 N–H and O–H groups in total. The van der Waals surface area contributed by atoms with Crippen molar-refractivity contribution in [3.63, 3.8) is 0 Å². The molecule has 5 atom stereocenters. The van der Waals surface area contributed by atoms with Crippen molar-refractivity contribution in [3.8, 4) is 17.6 Å². The van der Waals surface area contributed by atoms with Crippen molar-refractivity contribution >= 4 is 22.9 Å². The first-order valence-corrected chi connectivity index (χ1v) is 22.2. The van der Waals surface area contributed by atoms with E-state index in [4.69, 9.17) is 23.4 Å². The maximum absolute atomic E-state index is 14.7. The second-order valence-electron chi connectivity index (χ2n) is 17.8. The molecule has 326 valence electrons. The molecule has 4 aromatic carbocycles. The van der Waals surface area contributed by atoms with Crippen LogP contribution in [0.4, 0.5) is 0 Å². The van der Waals surface area contributed by atoms with Gasteiger partial charge in [-0.3, -0.25) is 4.79 Å². The molecule has 8 rings (SSSR count). The quantitative estimate of drug-likeness (QED) is 0.0635. The van der Waals surface area contributed by atoms with Gasteiger partial charge < -0.3 is 28.5 Å². The number of aryl methyl sites for hydroxylation is 2. The summed E-state index contributed by atoms with van der Waals surface area (Å²) >= 11 is 0. The lowest BCUT2D eigenvalue weighted by atomic mass is 9.82. The maximum Gasteiger partial charge on any atom is 0.339 e. The van der Waals surface area contributed by atoms with Gasteiger partial charge in [0.1, 0.15) is 11.3 Å². The third kappa shape index (κ3) is 9.83. The smallest absolute Gasteiger partial charge is 0.339 e. The molecule has 3 aliphatic rings. The summed E-state index contributed by atoms with van der Waals surface area (Å²) < 4.78 is 31.6. The van der Waals surface area contributed by atoms with Gasteiger partial charge in [0.15, 0.2) is 17.8 Å². The van der Waals surface area contributed by atoms with Gasteiger partial charge in [-0.15, -0.1) is 0 Å². The molecule has 0 saturated heterocycles. The molecule has 4 heterocycles. The van der Waals surface area contributed by atoms with Gasteiger partial charge in [0, 0.05) is 49.0 Å². The highest BCUT2D eigenvalue weighted by Crippen LogP contribution is 2.48. The van der Waals surface area contributed by atoms with Crippen LogP contribution in [0.3, 0.4) is 0 Å². The van der Waals surface area contributed by atoms with E-state index in [0.29, 0.717) is 59.9 Å². The summed E-state index contributed by atoms with van der Waals surface area (Å²) in [6.45, 7) is 5.69. The predicted octanol–water partition coefficient (Wildman–Crippen LogP) is 9.26. The third-order valence-electron chi connectivity index (χ3n) is 12.9. The highest BCUT2D eigenvalue weighted by Gasteiger charge is 2.53. The number of rotatable bonds is 10. The molecule has 0 aliphatic carbocycles. The van der Waals surface area contributed by atoms with Gasteiger partial charge in [0.25, 0.3) is 0 Å². The number of fused-ring (bicyclic) bond motifs is 7. The molecule has 0 amide bonds. The van der Waals surface area contributed by atoms with Gasteiger partial charge >= 0.3 is 17.6 Å². The fraction of sp³-hybridized carbons (Fsp3) is 0.389. The number of allylic oxidation sites excluding steroid dienone is 1. The Bertz CT molecular complexity index is 2640. The third-order valence-corrected chi connectivity index (χ3v) is 12.9. The van der Waals surface area contributed by atoms with Gasteiger partial charge in [0.2, 0.25) is 0 Å². The van der Waals surface area contributed by atoms with E-state index in [-0.39, 0.29) is 37.6 Å². The van der Waals surface area contributed by atoms with Crippen LogP contribution < -0.4 is 10.4 Å². The van der Waals surface area contributed by atoms with E-state index in [2.05, 4.69) is 78.6 Å². The number of ether oxygens (including phenoxy) is 4. The van der Waals surface area contributed by atoms with Gasteiger partial charge in [-0.2, -0.15) is 0 Å². The fourth-order valence-corrected chi connectivity index (χ4v) is 9.47. The van der Waals surface area contributed by atoms with Crippen LogP contribution in [0.5, 0.6) is 5.75 Å². The SMILES string of the molecule is COCC(CCO)c1cc2ccc3c(c2oc1=O)C1OC(=O)CC(CCc2cccc(Cc4ccccc4)c2)Cc2ccc4cc2CC#CCC(C)(O3)C1OC(=O)C(=C(C)C)CC4. The molecular weight excluding hydrogens is 793 g/mol. The average Bonchev–Trinajstić information content (AvgIpc) is 3.25. The topological polar surface area (TPSA) is 122 Å². The number of aliphatic hydroxyl groups is 1. The molecule has 0 spiro atoms. The molecule has 0 saturated carbocycles. The average molecular weight is 849 g/mol. The molecule has 1 aromatic heterocycles. The highest BCUT2D eigenvalue weighted by atomic mass is 16.6. The van der Waals surface area contributed by atoms with Crippen LogP contribution in [-0.4, -0.2) is 49.1 Å². The minimum atomic E-state index is -1.27. The number of benzene rings is 4. The summed E-state index contributed by atoms with van der Waals surface area (Å²) in [6, 6.07) is 30.9. The van der Waals surface area contributed by atoms with E-state index in [1.807, 2.05) is 26.8 Å². The van der Waals surface area contributed by atoms with E-state index in [1.54, 1.807) is 25.3 Å². The zero-order chi connectivity index (χ0) is 44.1. The molecule has 5 unspecified atom stereocenters. The van der Waals surface area contributed by atoms with Gasteiger partial charge in [-0.05, 0) is 123 Å². The first-order valence-electron chi connectivity index (χ1n) is 22.2. The van der Waals surface area contributed by atoms with Crippen LogP contribution >= 0.6 is 0 Å². The molecule has 9 nitrogen and oxygen atoms in total. The standard InChI is InChI=1S/C54H56O9/c1-34(2)44-22-19-37-18-20-41-30-39(17-16-36-13-10-14-38(28-36)27-35-11-6-5-7-12-35)31-47(56)60-50-48-46(63-54(3,51(50)62-52(44)57)25-9-8-15-40(41)29-37)23-21-42-32-45(53(58)61-49(42)48)43(24-26-55)33-59-4/h5-7,10-14,18,20-21,23,28-29,32,39,43,50-51,55H,15-17,19,22,24-27,30-31,33H2,1-4H3. The van der Waals surface area contributed by atoms with Crippen LogP contribution in [0.25, 0.3) is 11.0 Å². The summed E-state index contributed by atoms with van der Waals surface area (Å²) in [5.74, 6) is 5.61. The molecule has 9 heteroatoms. The Morgan fingerprint density at radius 2 is 1.68 bits per heavy atom. The molecule has 63 heavy (non-hydrogen) atoms. The Morgan fingerprint density at radius 3 is 2.48 bits per heavy atom. The highest BCUT2D eigenvalue weighted by molar-refractivity contribution is 5.90. The van der Waals surface area contributed by atoms with Crippen molar-refractivity contribution in [1.82, 2.24) is 0 Å². The van der Waals surface area contributed by atoms with Crippen molar-refractivity contribution in [2.45, 2.75) is 109 Å². The van der Waals surface area contributed by atoms with Gasteiger partial charge in [0.05, 0.1) is 18.6 Å². The van der Waals surface area contributed by atoms with E-state index in [1.165, 1.54) is 16.7 Å². The summed E-state index contributed by atoms with van der Waals surface area (Å²) in [5, 5.41) is 10.4. The van der Waals surface area contributed by atoms with Crippen molar-refractivity contribution in [3.05, 3.63) is 157 Å². The zero-order valence-electron chi connectivity index (χ0n) is 36.7. The second kappa shape index (κ2) is 19.2. The fourth-order valence-electron chi connectivity index (χ4n) is 9.47. The zero-order valence-corrected chi connectivity index (χ0v) is 36.7. The molecule has 3 aliphatic heterocycles. The molecule has 5 aromatic rings. The van der Waals surface area contributed by atoms with Crippen molar-refractivity contribution in [1.29, 1.82) is 0 Å². The summed E-state index contributed by atoms with van der Waals surface area (Å²) in [5.41, 5.74) is 7.34. The maximum atomic E-state index is 14.7. The van der Waals surface area contributed by atoms with Crippen LogP contribution in [0.2, 0.25) is 0 Å². The number of carbonyl (C=O) groups excluding carboxylic acids is 2.